The van der Waals surface area contributed by atoms with Crippen LogP contribution < -0.4 is 14.8 Å². The van der Waals surface area contributed by atoms with Crippen molar-refractivity contribution < 1.29 is 9.47 Å². The van der Waals surface area contributed by atoms with E-state index in [4.69, 9.17) is 14.7 Å². The average Bonchev–Trinajstić information content (AvgIpc) is 2.73. The number of anilines is 2. The predicted octanol–water partition coefficient (Wildman–Crippen LogP) is 2.25. The molecular formula is C14H12N4O2. The Morgan fingerprint density at radius 2 is 1.95 bits per heavy atom. The molecule has 0 fully saturated rings. The van der Waals surface area contributed by atoms with E-state index in [1.165, 1.54) is 12.4 Å². The zero-order valence-corrected chi connectivity index (χ0v) is 10.7. The second-order valence-electron chi connectivity index (χ2n) is 4.24. The maximum atomic E-state index is 8.67. The molecule has 0 amide bonds. The zero-order valence-electron chi connectivity index (χ0n) is 10.7. The topological polar surface area (TPSA) is 80.1 Å². The van der Waals surface area contributed by atoms with Crippen LogP contribution in [-0.2, 0) is 0 Å². The molecule has 100 valence electrons. The summed E-state index contributed by atoms with van der Waals surface area (Å²) in [6.07, 6.45) is 3.81. The molecule has 6 heteroatoms. The number of hydrogen-bond acceptors (Lipinski definition) is 6. The Morgan fingerprint density at radius 3 is 2.70 bits per heavy atom. The molecule has 0 unspecified atom stereocenters. The largest absolute Gasteiger partial charge is 0.490 e. The summed E-state index contributed by atoms with van der Waals surface area (Å²) in [6.45, 7) is 1.31. The van der Waals surface area contributed by atoms with E-state index in [0.717, 1.165) is 17.9 Å². The van der Waals surface area contributed by atoms with Crippen molar-refractivity contribution in [2.24, 2.45) is 0 Å². The van der Waals surface area contributed by atoms with E-state index in [1.54, 1.807) is 0 Å². The van der Waals surface area contributed by atoms with Crippen LogP contribution in [0.4, 0.5) is 11.5 Å². The first kappa shape index (κ1) is 12.2. The highest BCUT2D eigenvalue weighted by atomic mass is 16.5. The smallest absolute Gasteiger partial charge is 0.163 e. The molecule has 0 saturated heterocycles. The quantitative estimate of drug-likeness (QED) is 0.899. The molecule has 3 rings (SSSR count). The van der Waals surface area contributed by atoms with Gasteiger partial charge in [0.15, 0.2) is 17.2 Å². The normalized spacial score (nSPS) is 13.2. The Bertz CT molecular complexity index is 649. The molecule has 0 bridgehead atoms. The zero-order chi connectivity index (χ0) is 13.8. The highest BCUT2D eigenvalue weighted by Gasteiger charge is 2.10. The summed E-state index contributed by atoms with van der Waals surface area (Å²) in [6, 6.07) is 7.53. The molecule has 1 N–H and O–H groups in total. The van der Waals surface area contributed by atoms with E-state index in [0.29, 0.717) is 24.8 Å². The molecule has 0 spiro atoms. The van der Waals surface area contributed by atoms with E-state index < -0.39 is 0 Å². The number of aromatic nitrogens is 2. The summed E-state index contributed by atoms with van der Waals surface area (Å²) in [7, 11) is 0. The fraction of sp³-hybridized carbons (Fsp3) is 0.214. The summed E-state index contributed by atoms with van der Waals surface area (Å²) in [5.41, 5.74) is 1.11. The molecule has 1 aromatic carbocycles. The van der Waals surface area contributed by atoms with Crippen LogP contribution in [0.2, 0.25) is 0 Å². The third kappa shape index (κ3) is 2.62. The van der Waals surface area contributed by atoms with Crippen LogP contribution in [0.1, 0.15) is 12.1 Å². The number of fused-ring (bicyclic) bond motifs is 1. The van der Waals surface area contributed by atoms with Crippen molar-refractivity contribution in [1.82, 2.24) is 9.97 Å². The molecule has 1 aliphatic rings. The fourth-order valence-corrected chi connectivity index (χ4v) is 1.84. The van der Waals surface area contributed by atoms with Crippen molar-refractivity contribution in [2.75, 3.05) is 18.5 Å². The molecule has 0 atom stereocenters. The molecule has 2 heterocycles. The second-order valence-corrected chi connectivity index (χ2v) is 4.24. The van der Waals surface area contributed by atoms with E-state index >= 15 is 0 Å². The molecule has 0 saturated carbocycles. The van der Waals surface area contributed by atoms with Gasteiger partial charge < -0.3 is 14.8 Å². The molecular weight excluding hydrogens is 256 g/mol. The maximum absolute atomic E-state index is 8.67. The van der Waals surface area contributed by atoms with Crippen LogP contribution in [-0.4, -0.2) is 23.2 Å². The van der Waals surface area contributed by atoms with E-state index in [1.807, 2.05) is 24.3 Å². The summed E-state index contributed by atoms with van der Waals surface area (Å²) < 4.78 is 11.2. The number of rotatable bonds is 2. The van der Waals surface area contributed by atoms with Crippen LogP contribution in [0.5, 0.6) is 11.5 Å². The van der Waals surface area contributed by atoms with Crippen molar-refractivity contribution in [3.05, 3.63) is 36.3 Å². The highest BCUT2D eigenvalue weighted by molar-refractivity contribution is 5.61. The standard InChI is InChI=1S/C14H12N4O2/c15-7-11-8-17-14(9-16-11)18-10-2-3-12-13(6-10)20-5-1-4-19-12/h2-3,6,8-9H,1,4-5H2,(H,17,18). The van der Waals surface area contributed by atoms with E-state index in [-0.39, 0.29) is 5.69 Å². The average molecular weight is 268 g/mol. The van der Waals surface area contributed by atoms with Gasteiger partial charge >= 0.3 is 0 Å². The van der Waals surface area contributed by atoms with Crippen molar-refractivity contribution in [3.63, 3.8) is 0 Å². The lowest BCUT2D eigenvalue weighted by molar-refractivity contribution is 0.297. The lowest BCUT2D eigenvalue weighted by atomic mass is 10.2. The lowest BCUT2D eigenvalue weighted by Crippen LogP contribution is -1.98. The van der Waals surface area contributed by atoms with Gasteiger partial charge in [-0.2, -0.15) is 5.26 Å². The van der Waals surface area contributed by atoms with Crippen LogP contribution in [0.25, 0.3) is 0 Å². The van der Waals surface area contributed by atoms with Gasteiger partial charge in [-0.1, -0.05) is 0 Å². The maximum Gasteiger partial charge on any atom is 0.163 e. The minimum atomic E-state index is 0.286. The summed E-state index contributed by atoms with van der Waals surface area (Å²) in [4.78, 5) is 8.06. The Hall–Kier alpha value is -2.81. The Balaban J connectivity index is 1.80. The van der Waals surface area contributed by atoms with Crippen LogP contribution in [0.3, 0.4) is 0 Å². The Kier molecular flexibility index (Phi) is 3.33. The van der Waals surface area contributed by atoms with Gasteiger partial charge in [-0.15, -0.1) is 0 Å². The molecule has 2 aromatic rings. The monoisotopic (exact) mass is 268 g/mol. The molecule has 1 aromatic heterocycles. The Morgan fingerprint density at radius 1 is 1.10 bits per heavy atom. The van der Waals surface area contributed by atoms with Crippen LogP contribution >= 0.6 is 0 Å². The summed E-state index contributed by atoms with van der Waals surface area (Å²) in [5, 5.41) is 11.8. The predicted molar refractivity (Wildman–Crippen MR) is 72.1 cm³/mol. The van der Waals surface area contributed by atoms with Gasteiger partial charge in [0.05, 0.1) is 25.6 Å². The van der Waals surface area contributed by atoms with Crippen molar-refractivity contribution in [1.29, 1.82) is 5.26 Å². The third-order valence-corrected chi connectivity index (χ3v) is 2.79. The summed E-state index contributed by atoms with van der Waals surface area (Å²) >= 11 is 0. The fourth-order valence-electron chi connectivity index (χ4n) is 1.84. The summed E-state index contributed by atoms with van der Waals surface area (Å²) in [5.74, 6) is 2.03. The van der Waals surface area contributed by atoms with Gasteiger partial charge in [0, 0.05) is 18.2 Å². The van der Waals surface area contributed by atoms with Crippen molar-refractivity contribution >= 4 is 11.5 Å². The van der Waals surface area contributed by atoms with Crippen LogP contribution in [0, 0.1) is 11.3 Å². The van der Waals surface area contributed by atoms with Gasteiger partial charge in [0.25, 0.3) is 0 Å². The SMILES string of the molecule is N#Cc1cnc(Nc2ccc3c(c2)OCCCO3)cn1. The minimum Gasteiger partial charge on any atom is -0.490 e. The number of nitrogens with zero attached hydrogens (tertiary/aromatic N) is 3. The first-order valence-corrected chi connectivity index (χ1v) is 6.24. The number of ether oxygens (including phenoxy) is 2. The molecule has 0 radical (unpaired) electrons. The van der Waals surface area contributed by atoms with Gasteiger partial charge in [-0.05, 0) is 12.1 Å². The highest BCUT2D eigenvalue weighted by Crippen LogP contribution is 2.32. The molecule has 20 heavy (non-hydrogen) atoms. The first-order chi connectivity index (χ1) is 9.85. The first-order valence-electron chi connectivity index (χ1n) is 6.24. The van der Waals surface area contributed by atoms with Gasteiger partial charge in [0.1, 0.15) is 11.9 Å². The van der Waals surface area contributed by atoms with Gasteiger partial charge in [-0.3, -0.25) is 0 Å². The molecule has 1 aliphatic heterocycles. The number of benzene rings is 1. The Labute approximate surface area is 116 Å². The van der Waals surface area contributed by atoms with E-state index in [2.05, 4.69) is 15.3 Å². The lowest BCUT2D eigenvalue weighted by Gasteiger charge is -2.10. The number of nitrogens with one attached hydrogen (secondary N) is 1. The van der Waals surface area contributed by atoms with Gasteiger partial charge in [0.2, 0.25) is 0 Å². The number of hydrogen-bond donors (Lipinski definition) is 1. The molecule has 0 aliphatic carbocycles. The van der Waals surface area contributed by atoms with Crippen LogP contribution in [0.15, 0.2) is 30.6 Å². The van der Waals surface area contributed by atoms with Gasteiger partial charge in [-0.25, -0.2) is 9.97 Å². The molecule has 6 nitrogen and oxygen atoms in total. The van der Waals surface area contributed by atoms with Crippen molar-refractivity contribution in [2.45, 2.75) is 6.42 Å². The number of nitriles is 1. The second kappa shape index (κ2) is 5.45. The van der Waals surface area contributed by atoms with Crippen molar-refractivity contribution in [3.8, 4) is 17.6 Å². The van der Waals surface area contributed by atoms with E-state index in [9.17, 15) is 0 Å². The minimum absolute atomic E-state index is 0.286. The third-order valence-electron chi connectivity index (χ3n) is 2.79.